The Labute approximate surface area is 104 Å². The Kier molecular flexibility index (Phi) is 3.21. The zero-order valence-electron chi connectivity index (χ0n) is 9.06. The molecule has 1 aliphatic heterocycles. The number of nitrogens with zero attached hydrogens (tertiary/aromatic N) is 2. The summed E-state index contributed by atoms with van der Waals surface area (Å²) in [7, 11) is 0. The van der Waals surface area contributed by atoms with Crippen LogP contribution in [-0.4, -0.2) is 23.7 Å². The lowest BCUT2D eigenvalue weighted by Gasteiger charge is -2.24. The van der Waals surface area contributed by atoms with Crippen LogP contribution in [-0.2, 0) is 4.79 Å². The molecule has 1 atom stereocenters. The number of hydrogen-bond donors (Lipinski definition) is 1. The summed E-state index contributed by atoms with van der Waals surface area (Å²) in [6, 6.07) is 6.46. The predicted octanol–water partition coefficient (Wildman–Crippen LogP) is 2.27. The molecule has 1 heterocycles. The topological polar surface area (TPSA) is 64.3 Å². The Morgan fingerprint density at radius 3 is 3.00 bits per heavy atom. The number of carboxylic acids is 1. The van der Waals surface area contributed by atoms with Gasteiger partial charge in [0.05, 0.1) is 11.3 Å². The van der Waals surface area contributed by atoms with Crippen molar-refractivity contribution in [3.05, 3.63) is 28.8 Å². The minimum Gasteiger partial charge on any atom is -0.480 e. The average molecular weight is 251 g/mol. The molecule has 5 heteroatoms. The van der Waals surface area contributed by atoms with Crippen LogP contribution in [0.3, 0.4) is 0 Å². The van der Waals surface area contributed by atoms with Gasteiger partial charge in [0, 0.05) is 11.6 Å². The number of aliphatic carboxylic acids is 1. The summed E-state index contributed by atoms with van der Waals surface area (Å²) in [6.07, 6.45) is 1.44. The summed E-state index contributed by atoms with van der Waals surface area (Å²) in [6.45, 7) is 0.660. The first-order chi connectivity index (χ1) is 8.13. The molecule has 4 nitrogen and oxygen atoms in total. The molecule has 1 aromatic rings. The fourth-order valence-corrected chi connectivity index (χ4v) is 2.33. The largest absolute Gasteiger partial charge is 0.480 e. The van der Waals surface area contributed by atoms with E-state index in [1.165, 1.54) is 0 Å². The number of benzene rings is 1. The van der Waals surface area contributed by atoms with Crippen molar-refractivity contribution in [1.29, 1.82) is 5.26 Å². The first-order valence-electron chi connectivity index (χ1n) is 5.32. The van der Waals surface area contributed by atoms with Crippen LogP contribution in [0.25, 0.3) is 0 Å². The first-order valence-corrected chi connectivity index (χ1v) is 5.70. The normalized spacial score (nSPS) is 19.1. The second-order valence-electron chi connectivity index (χ2n) is 3.96. The molecule has 1 saturated heterocycles. The smallest absolute Gasteiger partial charge is 0.326 e. The fraction of sp³-hybridized carbons (Fsp3) is 0.333. The Balaban J connectivity index is 2.40. The van der Waals surface area contributed by atoms with Crippen LogP contribution in [0, 0.1) is 11.3 Å². The lowest BCUT2D eigenvalue weighted by Crippen LogP contribution is -2.36. The van der Waals surface area contributed by atoms with Gasteiger partial charge in [0.25, 0.3) is 0 Å². The first kappa shape index (κ1) is 11.7. The van der Waals surface area contributed by atoms with Crippen LogP contribution in [0.4, 0.5) is 5.69 Å². The van der Waals surface area contributed by atoms with Crippen molar-refractivity contribution < 1.29 is 9.90 Å². The highest BCUT2D eigenvalue weighted by molar-refractivity contribution is 6.30. The van der Waals surface area contributed by atoms with Crippen LogP contribution in [0.5, 0.6) is 0 Å². The highest BCUT2D eigenvalue weighted by atomic mass is 35.5. The van der Waals surface area contributed by atoms with Gasteiger partial charge in [-0.15, -0.1) is 0 Å². The van der Waals surface area contributed by atoms with Crippen molar-refractivity contribution in [3.63, 3.8) is 0 Å². The van der Waals surface area contributed by atoms with E-state index in [2.05, 4.69) is 6.07 Å². The number of carboxylic acid groups (broad SMARTS) is 1. The summed E-state index contributed by atoms with van der Waals surface area (Å²) in [5, 5.41) is 18.6. The van der Waals surface area contributed by atoms with E-state index < -0.39 is 12.0 Å². The van der Waals surface area contributed by atoms with Crippen molar-refractivity contribution in [2.45, 2.75) is 18.9 Å². The third-order valence-electron chi connectivity index (χ3n) is 2.93. The van der Waals surface area contributed by atoms with E-state index in [4.69, 9.17) is 22.0 Å². The summed E-state index contributed by atoms with van der Waals surface area (Å²) >= 11 is 5.82. The molecule has 0 aromatic heterocycles. The Hall–Kier alpha value is -1.73. The number of anilines is 1. The second-order valence-corrected chi connectivity index (χ2v) is 4.40. The minimum absolute atomic E-state index is 0.422. The fourth-order valence-electron chi connectivity index (χ4n) is 2.16. The maximum absolute atomic E-state index is 11.1. The monoisotopic (exact) mass is 250 g/mol. The lowest BCUT2D eigenvalue weighted by atomic mass is 10.1. The zero-order chi connectivity index (χ0) is 12.4. The molecule has 2 rings (SSSR count). The molecule has 0 bridgehead atoms. The van der Waals surface area contributed by atoms with E-state index in [0.717, 1.165) is 6.42 Å². The van der Waals surface area contributed by atoms with Gasteiger partial charge in [-0.2, -0.15) is 5.26 Å². The third-order valence-corrected chi connectivity index (χ3v) is 3.16. The second kappa shape index (κ2) is 4.64. The van der Waals surface area contributed by atoms with Crippen molar-refractivity contribution in [1.82, 2.24) is 0 Å². The number of nitriles is 1. The third kappa shape index (κ3) is 2.20. The van der Waals surface area contributed by atoms with Gasteiger partial charge < -0.3 is 10.0 Å². The molecule has 1 unspecified atom stereocenters. The summed E-state index contributed by atoms with van der Waals surface area (Å²) < 4.78 is 0. The van der Waals surface area contributed by atoms with E-state index in [9.17, 15) is 4.79 Å². The molecule has 0 aliphatic carbocycles. The van der Waals surface area contributed by atoms with Crippen LogP contribution in [0.2, 0.25) is 5.02 Å². The van der Waals surface area contributed by atoms with E-state index in [-0.39, 0.29) is 0 Å². The standard InChI is InChI=1S/C12H11ClN2O2/c13-9-3-4-10(8(6-9)7-14)15-5-1-2-11(15)12(16)17/h3-4,6,11H,1-2,5H2,(H,16,17). The van der Waals surface area contributed by atoms with Gasteiger partial charge in [0.1, 0.15) is 12.1 Å². The Morgan fingerprint density at radius 1 is 1.59 bits per heavy atom. The number of halogens is 1. The highest BCUT2D eigenvalue weighted by Crippen LogP contribution is 2.30. The van der Waals surface area contributed by atoms with Gasteiger partial charge in [-0.05, 0) is 31.0 Å². The molecule has 1 N–H and O–H groups in total. The van der Waals surface area contributed by atoms with E-state index in [0.29, 0.717) is 29.2 Å². The number of carbonyl (C=O) groups is 1. The molecule has 17 heavy (non-hydrogen) atoms. The Bertz CT molecular complexity index is 496. The molecule has 1 fully saturated rings. The molecule has 0 spiro atoms. The van der Waals surface area contributed by atoms with Gasteiger partial charge in [0.15, 0.2) is 0 Å². The molecular formula is C12H11ClN2O2. The molecule has 1 aromatic carbocycles. The molecule has 0 amide bonds. The number of hydrogen-bond acceptors (Lipinski definition) is 3. The van der Waals surface area contributed by atoms with Crippen LogP contribution in [0.15, 0.2) is 18.2 Å². The molecule has 88 valence electrons. The molecular weight excluding hydrogens is 240 g/mol. The van der Waals surface area contributed by atoms with Crippen molar-refractivity contribution in [3.8, 4) is 6.07 Å². The van der Waals surface area contributed by atoms with Crippen molar-refractivity contribution in [2.75, 3.05) is 11.4 Å². The van der Waals surface area contributed by atoms with Crippen molar-refractivity contribution >= 4 is 23.3 Å². The van der Waals surface area contributed by atoms with E-state index in [1.54, 1.807) is 23.1 Å². The van der Waals surface area contributed by atoms with Crippen LogP contribution in [0.1, 0.15) is 18.4 Å². The lowest BCUT2D eigenvalue weighted by molar-refractivity contribution is -0.138. The van der Waals surface area contributed by atoms with Gasteiger partial charge in [-0.1, -0.05) is 11.6 Å². The number of rotatable bonds is 2. The van der Waals surface area contributed by atoms with Crippen molar-refractivity contribution in [2.24, 2.45) is 0 Å². The highest BCUT2D eigenvalue weighted by Gasteiger charge is 2.31. The maximum atomic E-state index is 11.1. The summed E-state index contributed by atoms with van der Waals surface area (Å²) in [5.74, 6) is -0.846. The summed E-state index contributed by atoms with van der Waals surface area (Å²) in [4.78, 5) is 12.9. The van der Waals surface area contributed by atoms with Crippen LogP contribution < -0.4 is 4.90 Å². The summed E-state index contributed by atoms with van der Waals surface area (Å²) in [5.41, 5.74) is 1.08. The van der Waals surface area contributed by atoms with Gasteiger partial charge in [0.2, 0.25) is 0 Å². The minimum atomic E-state index is -0.846. The molecule has 0 saturated carbocycles. The molecule has 0 radical (unpaired) electrons. The van der Waals surface area contributed by atoms with E-state index >= 15 is 0 Å². The quantitative estimate of drug-likeness (QED) is 0.875. The Morgan fingerprint density at radius 2 is 2.35 bits per heavy atom. The van der Waals surface area contributed by atoms with Gasteiger partial charge in [-0.25, -0.2) is 4.79 Å². The maximum Gasteiger partial charge on any atom is 0.326 e. The SMILES string of the molecule is N#Cc1cc(Cl)ccc1N1CCCC1C(=O)O. The molecule has 1 aliphatic rings. The van der Waals surface area contributed by atoms with Crippen LogP contribution >= 0.6 is 11.6 Å². The average Bonchev–Trinajstić information content (AvgIpc) is 2.77. The van der Waals surface area contributed by atoms with E-state index in [1.807, 2.05) is 0 Å². The predicted molar refractivity (Wildman–Crippen MR) is 64.2 cm³/mol. The van der Waals surface area contributed by atoms with Gasteiger partial charge >= 0.3 is 5.97 Å². The zero-order valence-corrected chi connectivity index (χ0v) is 9.81. The van der Waals surface area contributed by atoms with Gasteiger partial charge in [-0.3, -0.25) is 0 Å².